The first-order valence-electron chi connectivity index (χ1n) is 7.00. The molecule has 1 aliphatic rings. The lowest BCUT2D eigenvalue weighted by Crippen LogP contribution is -2.41. The van der Waals surface area contributed by atoms with Gasteiger partial charge in [0, 0.05) is 5.92 Å². The Morgan fingerprint density at radius 3 is 2.30 bits per heavy atom. The third-order valence-corrected chi connectivity index (χ3v) is 4.01. The number of ether oxygens (including phenoxy) is 1. The molecular formula is C16H21NO3. The maximum absolute atomic E-state index is 12.1. The fraction of sp³-hybridized carbons (Fsp3) is 0.500. The average molecular weight is 275 g/mol. The van der Waals surface area contributed by atoms with Crippen LogP contribution in [-0.4, -0.2) is 36.9 Å². The van der Waals surface area contributed by atoms with Crippen LogP contribution < -0.4 is 0 Å². The second-order valence-electron chi connectivity index (χ2n) is 5.26. The normalized spacial score (nSPS) is 18.5. The first-order chi connectivity index (χ1) is 9.63. The number of ketones is 1. The fourth-order valence-corrected chi connectivity index (χ4v) is 2.81. The van der Waals surface area contributed by atoms with Crippen LogP contribution in [0, 0.1) is 5.92 Å². The molecule has 2 rings (SSSR count). The van der Waals surface area contributed by atoms with E-state index < -0.39 is 0 Å². The van der Waals surface area contributed by atoms with Gasteiger partial charge in [-0.15, -0.1) is 0 Å². The molecule has 1 aliphatic heterocycles. The second kappa shape index (κ2) is 6.66. The molecule has 1 heterocycles. The molecule has 1 unspecified atom stereocenters. The maximum Gasteiger partial charge on any atom is 0.327 e. The molecule has 1 atom stereocenters. The number of benzene rings is 1. The Morgan fingerprint density at radius 2 is 1.80 bits per heavy atom. The molecule has 0 bridgehead atoms. The van der Waals surface area contributed by atoms with Gasteiger partial charge in [0.15, 0.2) is 0 Å². The summed E-state index contributed by atoms with van der Waals surface area (Å²) in [6.07, 6.45) is 1.63. The highest BCUT2D eigenvalue weighted by atomic mass is 16.5. The van der Waals surface area contributed by atoms with Gasteiger partial charge in [-0.3, -0.25) is 9.69 Å². The molecule has 0 N–H and O–H groups in total. The van der Waals surface area contributed by atoms with E-state index in [4.69, 9.17) is 4.74 Å². The molecule has 0 saturated carbocycles. The lowest BCUT2D eigenvalue weighted by atomic mass is 9.91. The molecular weight excluding hydrogens is 254 g/mol. The van der Waals surface area contributed by atoms with Gasteiger partial charge in [0.25, 0.3) is 0 Å². The fourth-order valence-electron chi connectivity index (χ4n) is 2.81. The van der Waals surface area contributed by atoms with Crippen molar-refractivity contribution in [2.75, 3.05) is 20.2 Å². The number of methoxy groups -OCH3 is 1. The average Bonchev–Trinajstić information content (AvgIpc) is 2.49. The van der Waals surface area contributed by atoms with Crippen LogP contribution in [0.5, 0.6) is 0 Å². The number of esters is 1. The van der Waals surface area contributed by atoms with Crippen molar-refractivity contribution >= 4 is 11.8 Å². The number of hydrogen-bond acceptors (Lipinski definition) is 4. The van der Waals surface area contributed by atoms with E-state index in [0.29, 0.717) is 0 Å². The predicted octanol–water partition coefficient (Wildman–Crippen LogP) is 2.20. The maximum atomic E-state index is 12.1. The van der Waals surface area contributed by atoms with Crippen molar-refractivity contribution in [3.05, 3.63) is 35.9 Å². The molecule has 0 amide bonds. The van der Waals surface area contributed by atoms with Crippen LogP contribution in [0.3, 0.4) is 0 Å². The van der Waals surface area contributed by atoms with Crippen LogP contribution in [0.15, 0.2) is 30.3 Å². The summed E-state index contributed by atoms with van der Waals surface area (Å²) in [5, 5.41) is 0. The van der Waals surface area contributed by atoms with E-state index >= 15 is 0 Å². The van der Waals surface area contributed by atoms with Crippen molar-refractivity contribution in [2.24, 2.45) is 5.92 Å². The van der Waals surface area contributed by atoms with E-state index in [2.05, 4.69) is 4.90 Å². The van der Waals surface area contributed by atoms with Gasteiger partial charge in [0.2, 0.25) is 0 Å². The largest absolute Gasteiger partial charge is 0.468 e. The highest BCUT2D eigenvalue weighted by Crippen LogP contribution is 2.28. The van der Waals surface area contributed by atoms with Crippen molar-refractivity contribution in [2.45, 2.75) is 25.8 Å². The molecule has 0 spiro atoms. The molecule has 0 aromatic heterocycles. The van der Waals surface area contributed by atoms with Crippen molar-refractivity contribution in [1.82, 2.24) is 4.90 Å². The van der Waals surface area contributed by atoms with Crippen LogP contribution >= 0.6 is 0 Å². The van der Waals surface area contributed by atoms with E-state index in [9.17, 15) is 9.59 Å². The lowest BCUT2D eigenvalue weighted by Gasteiger charge is -2.35. The Morgan fingerprint density at radius 1 is 1.20 bits per heavy atom. The summed E-state index contributed by atoms with van der Waals surface area (Å²) in [5.74, 6) is 0.150. The van der Waals surface area contributed by atoms with Gasteiger partial charge >= 0.3 is 5.97 Å². The van der Waals surface area contributed by atoms with Gasteiger partial charge in [-0.25, -0.2) is 4.79 Å². The van der Waals surface area contributed by atoms with Crippen LogP contribution in [0.4, 0.5) is 0 Å². The number of piperidine rings is 1. The predicted molar refractivity (Wildman–Crippen MR) is 76.2 cm³/mol. The summed E-state index contributed by atoms with van der Waals surface area (Å²) in [6, 6.07) is 9.30. The number of Topliss-reactive ketones (excluding diaryl/α,β-unsaturated/α-hetero) is 1. The standard InChI is InChI=1S/C16H21NO3/c1-12(18)13-8-10-17(11-9-13)15(16(19)20-2)14-6-4-3-5-7-14/h3-7,13,15H,8-11H2,1-2H3. The quantitative estimate of drug-likeness (QED) is 0.790. The molecule has 1 aromatic rings. The smallest absolute Gasteiger partial charge is 0.327 e. The Kier molecular flexibility index (Phi) is 4.90. The first kappa shape index (κ1) is 14.7. The second-order valence-corrected chi connectivity index (χ2v) is 5.26. The summed E-state index contributed by atoms with van der Waals surface area (Å²) in [4.78, 5) is 25.6. The molecule has 1 aromatic carbocycles. The van der Waals surface area contributed by atoms with Gasteiger partial charge < -0.3 is 4.74 Å². The minimum absolute atomic E-state index is 0.139. The zero-order chi connectivity index (χ0) is 14.5. The monoisotopic (exact) mass is 275 g/mol. The number of hydrogen-bond donors (Lipinski definition) is 0. The number of rotatable bonds is 4. The summed E-state index contributed by atoms with van der Waals surface area (Å²) in [6.45, 7) is 3.15. The topological polar surface area (TPSA) is 46.6 Å². The summed E-state index contributed by atoms with van der Waals surface area (Å²) >= 11 is 0. The third kappa shape index (κ3) is 3.25. The minimum Gasteiger partial charge on any atom is -0.468 e. The zero-order valence-electron chi connectivity index (χ0n) is 12.0. The molecule has 4 heteroatoms. The van der Waals surface area contributed by atoms with E-state index in [1.807, 2.05) is 30.3 Å². The SMILES string of the molecule is COC(=O)C(c1ccccc1)N1CCC(C(C)=O)CC1. The van der Waals surface area contributed by atoms with Crippen molar-refractivity contribution in [3.63, 3.8) is 0 Å². The van der Waals surface area contributed by atoms with Crippen LogP contribution in [0.2, 0.25) is 0 Å². The van der Waals surface area contributed by atoms with Crippen LogP contribution in [0.1, 0.15) is 31.4 Å². The van der Waals surface area contributed by atoms with Gasteiger partial charge in [-0.1, -0.05) is 30.3 Å². The summed E-state index contributed by atoms with van der Waals surface area (Å²) in [5.41, 5.74) is 0.945. The number of nitrogens with zero attached hydrogens (tertiary/aromatic N) is 1. The Balaban J connectivity index is 2.13. The Bertz CT molecular complexity index is 464. The van der Waals surface area contributed by atoms with Crippen molar-refractivity contribution in [3.8, 4) is 0 Å². The van der Waals surface area contributed by atoms with Crippen LogP contribution in [-0.2, 0) is 14.3 Å². The molecule has 0 aliphatic carbocycles. The third-order valence-electron chi connectivity index (χ3n) is 4.01. The molecule has 1 fully saturated rings. The van der Waals surface area contributed by atoms with E-state index in [0.717, 1.165) is 31.5 Å². The Hall–Kier alpha value is -1.68. The van der Waals surface area contributed by atoms with E-state index in [1.54, 1.807) is 6.92 Å². The number of likely N-dealkylation sites (tertiary alicyclic amines) is 1. The molecule has 0 radical (unpaired) electrons. The molecule has 1 saturated heterocycles. The Labute approximate surface area is 119 Å². The van der Waals surface area contributed by atoms with E-state index in [-0.39, 0.29) is 23.7 Å². The molecule has 108 valence electrons. The molecule has 20 heavy (non-hydrogen) atoms. The minimum atomic E-state index is -0.367. The van der Waals surface area contributed by atoms with Crippen molar-refractivity contribution in [1.29, 1.82) is 0 Å². The lowest BCUT2D eigenvalue weighted by molar-refractivity contribution is -0.148. The summed E-state index contributed by atoms with van der Waals surface area (Å²) < 4.78 is 4.95. The summed E-state index contributed by atoms with van der Waals surface area (Å²) in [7, 11) is 1.42. The zero-order valence-corrected chi connectivity index (χ0v) is 12.0. The first-order valence-corrected chi connectivity index (χ1v) is 7.00. The highest BCUT2D eigenvalue weighted by molar-refractivity contribution is 5.79. The molecule has 4 nitrogen and oxygen atoms in total. The van der Waals surface area contributed by atoms with Gasteiger partial charge in [-0.2, -0.15) is 0 Å². The van der Waals surface area contributed by atoms with Gasteiger partial charge in [-0.05, 0) is 38.4 Å². The van der Waals surface area contributed by atoms with Gasteiger partial charge in [0.05, 0.1) is 7.11 Å². The van der Waals surface area contributed by atoms with Crippen molar-refractivity contribution < 1.29 is 14.3 Å². The number of carbonyl (C=O) groups excluding carboxylic acids is 2. The van der Waals surface area contributed by atoms with Gasteiger partial charge in [0.1, 0.15) is 11.8 Å². The number of carbonyl (C=O) groups is 2. The van der Waals surface area contributed by atoms with Crippen LogP contribution in [0.25, 0.3) is 0 Å². The van der Waals surface area contributed by atoms with E-state index in [1.165, 1.54) is 7.11 Å². The highest BCUT2D eigenvalue weighted by Gasteiger charge is 2.32.